The van der Waals surface area contributed by atoms with Gasteiger partial charge in [0.15, 0.2) is 15.6 Å². The number of hydrogen-bond acceptors (Lipinski definition) is 4. The number of hydrogen-bond donors (Lipinski definition) is 0. The molecule has 0 N–H and O–H groups in total. The van der Waals surface area contributed by atoms with Gasteiger partial charge in [-0.05, 0) is 25.0 Å². The first-order chi connectivity index (χ1) is 12.8. The van der Waals surface area contributed by atoms with Crippen LogP contribution in [0.15, 0.2) is 72.3 Å². The van der Waals surface area contributed by atoms with Gasteiger partial charge in [-0.2, -0.15) is 0 Å². The van der Waals surface area contributed by atoms with Crippen LogP contribution in [0.5, 0.6) is 0 Å². The molecule has 2 rings (SSSR count). The molecule has 2 aromatic rings. The first-order valence-electron chi connectivity index (χ1n) is 8.88. The van der Waals surface area contributed by atoms with Crippen LogP contribution >= 0.6 is 0 Å². The molecule has 0 radical (unpaired) electrons. The van der Waals surface area contributed by atoms with Crippen LogP contribution < -0.4 is 0 Å². The van der Waals surface area contributed by atoms with Gasteiger partial charge in [-0.3, -0.25) is 4.79 Å². The lowest BCUT2D eigenvalue weighted by molar-refractivity contribution is 0.0530. The molecule has 0 heterocycles. The summed E-state index contributed by atoms with van der Waals surface area (Å²) in [6.07, 6.45) is 2.55. The lowest BCUT2D eigenvalue weighted by Gasteiger charge is -2.20. The van der Waals surface area contributed by atoms with E-state index in [0.29, 0.717) is 12.2 Å². The van der Waals surface area contributed by atoms with Crippen LogP contribution in [0.3, 0.4) is 0 Å². The highest BCUT2D eigenvalue weighted by Gasteiger charge is 2.20. The fraction of sp³-hybridized carbons (Fsp3) is 0.318. The highest BCUT2D eigenvalue weighted by molar-refractivity contribution is 7.91. The van der Waals surface area contributed by atoms with Crippen LogP contribution in [0.4, 0.5) is 0 Å². The number of ether oxygens (including phenoxy) is 1. The van der Waals surface area contributed by atoms with Crippen molar-refractivity contribution in [3.05, 3.63) is 83.4 Å². The van der Waals surface area contributed by atoms with Crippen LogP contribution in [0.1, 0.15) is 36.2 Å². The van der Waals surface area contributed by atoms with Crippen molar-refractivity contribution < 1.29 is 17.9 Å². The molecule has 27 heavy (non-hydrogen) atoms. The molecule has 0 fully saturated rings. The summed E-state index contributed by atoms with van der Waals surface area (Å²) in [5, 5.41) is -0.632. The van der Waals surface area contributed by atoms with Gasteiger partial charge < -0.3 is 4.74 Å². The van der Waals surface area contributed by atoms with Crippen molar-refractivity contribution >= 4 is 15.6 Å². The molecule has 0 aliphatic carbocycles. The number of benzene rings is 2. The van der Waals surface area contributed by atoms with Crippen molar-refractivity contribution in [3.63, 3.8) is 0 Å². The third kappa shape index (κ3) is 6.77. The molecule has 0 amide bonds. The largest absolute Gasteiger partial charge is 0.369 e. The van der Waals surface area contributed by atoms with Crippen molar-refractivity contribution in [2.24, 2.45) is 0 Å². The summed E-state index contributed by atoms with van der Waals surface area (Å²) >= 11 is 0. The van der Waals surface area contributed by atoms with E-state index in [1.165, 1.54) is 6.26 Å². The van der Waals surface area contributed by atoms with Crippen LogP contribution in [-0.4, -0.2) is 31.8 Å². The molecule has 144 valence electrons. The third-order valence-electron chi connectivity index (χ3n) is 4.44. The molecule has 2 aromatic carbocycles. The third-order valence-corrected chi connectivity index (χ3v) is 5.93. The molecule has 0 spiro atoms. The minimum absolute atomic E-state index is 0.0339. The maximum absolute atomic E-state index is 12.6. The SMILES string of the molecule is C/C(=C/[C@@H](C)S(C)(=O)=O)[C@H](CC(=O)c1ccccc1)OCc1ccccc1. The highest BCUT2D eigenvalue weighted by atomic mass is 32.2. The van der Waals surface area contributed by atoms with E-state index in [1.807, 2.05) is 55.5 Å². The van der Waals surface area contributed by atoms with E-state index in [1.54, 1.807) is 25.1 Å². The van der Waals surface area contributed by atoms with Crippen molar-refractivity contribution in [3.8, 4) is 0 Å². The van der Waals surface area contributed by atoms with Gasteiger partial charge in [0.2, 0.25) is 0 Å². The Morgan fingerprint density at radius 1 is 1.04 bits per heavy atom. The monoisotopic (exact) mass is 386 g/mol. The first kappa shape index (κ1) is 21.1. The fourth-order valence-corrected chi connectivity index (χ4v) is 3.10. The Morgan fingerprint density at radius 3 is 2.15 bits per heavy atom. The predicted molar refractivity (Wildman–Crippen MR) is 108 cm³/mol. The molecule has 4 nitrogen and oxygen atoms in total. The van der Waals surface area contributed by atoms with Gasteiger partial charge in [0.1, 0.15) is 0 Å². The molecule has 0 unspecified atom stereocenters. The second kappa shape index (κ2) is 9.62. The normalized spacial score (nSPS) is 14.6. The minimum atomic E-state index is -3.20. The van der Waals surface area contributed by atoms with Gasteiger partial charge in [0.05, 0.1) is 18.0 Å². The van der Waals surface area contributed by atoms with Gasteiger partial charge in [0, 0.05) is 18.2 Å². The molecule has 0 aromatic heterocycles. The standard InChI is InChI=1S/C22H26O4S/c1-17(14-18(2)27(3,24)25)22(26-16-19-10-6-4-7-11-19)15-21(23)20-12-8-5-9-13-20/h4-14,18,22H,15-16H2,1-3H3/b17-14-/t18-,22+/m1/s1. The first-order valence-corrected chi connectivity index (χ1v) is 10.8. The highest BCUT2D eigenvalue weighted by Crippen LogP contribution is 2.18. The van der Waals surface area contributed by atoms with Gasteiger partial charge in [0.25, 0.3) is 0 Å². The maximum atomic E-state index is 12.6. The van der Waals surface area contributed by atoms with Crippen LogP contribution in [0.2, 0.25) is 0 Å². The molecule has 2 atom stereocenters. The van der Waals surface area contributed by atoms with Gasteiger partial charge in [-0.1, -0.05) is 66.7 Å². The molecule has 0 aliphatic heterocycles. The lowest BCUT2D eigenvalue weighted by atomic mass is 10.00. The summed E-state index contributed by atoms with van der Waals surface area (Å²) in [7, 11) is -3.20. The lowest BCUT2D eigenvalue weighted by Crippen LogP contribution is -2.22. The zero-order valence-electron chi connectivity index (χ0n) is 16.0. The Morgan fingerprint density at radius 2 is 1.59 bits per heavy atom. The fourth-order valence-electron chi connectivity index (χ4n) is 2.63. The second-order valence-corrected chi connectivity index (χ2v) is 9.13. The number of carbonyl (C=O) groups excluding carboxylic acids is 1. The number of sulfone groups is 1. The van der Waals surface area contributed by atoms with Gasteiger partial charge in [-0.25, -0.2) is 8.42 Å². The summed E-state index contributed by atoms with van der Waals surface area (Å²) in [4.78, 5) is 12.6. The summed E-state index contributed by atoms with van der Waals surface area (Å²) in [6.45, 7) is 3.80. The molecule has 0 bridgehead atoms. The molecule has 0 aliphatic rings. The summed E-state index contributed by atoms with van der Waals surface area (Å²) in [5.74, 6) is -0.0339. The van der Waals surface area contributed by atoms with E-state index >= 15 is 0 Å². The van der Waals surface area contributed by atoms with E-state index in [-0.39, 0.29) is 12.2 Å². The average Bonchev–Trinajstić information content (AvgIpc) is 2.65. The number of ketones is 1. The molecule has 0 saturated heterocycles. The smallest absolute Gasteiger partial charge is 0.165 e. The zero-order valence-corrected chi connectivity index (χ0v) is 16.8. The molecular weight excluding hydrogens is 360 g/mol. The summed E-state index contributed by atoms with van der Waals surface area (Å²) in [6, 6.07) is 18.7. The van der Waals surface area contributed by atoms with Gasteiger partial charge >= 0.3 is 0 Å². The second-order valence-electron chi connectivity index (χ2n) is 6.72. The molecule has 5 heteroatoms. The number of carbonyl (C=O) groups is 1. The quantitative estimate of drug-likeness (QED) is 0.478. The summed E-state index contributed by atoms with van der Waals surface area (Å²) in [5.41, 5.74) is 2.36. The average molecular weight is 387 g/mol. The zero-order chi connectivity index (χ0) is 19.9. The Labute approximate surface area is 161 Å². The van der Waals surface area contributed by atoms with E-state index < -0.39 is 21.2 Å². The molecule has 0 saturated carbocycles. The van der Waals surface area contributed by atoms with Crippen molar-refractivity contribution in [2.45, 2.75) is 38.2 Å². The van der Waals surface area contributed by atoms with Gasteiger partial charge in [-0.15, -0.1) is 0 Å². The predicted octanol–water partition coefficient (Wildman–Crippen LogP) is 4.22. The van der Waals surface area contributed by atoms with Crippen molar-refractivity contribution in [1.82, 2.24) is 0 Å². The van der Waals surface area contributed by atoms with Crippen LogP contribution in [-0.2, 0) is 21.2 Å². The minimum Gasteiger partial charge on any atom is -0.369 e. The van der Waals surface area contributed by atoms with E-state index in [9.17, 15) is 13.2 Å². The Kier molecular flexibility index (Phi) is 7.51. The number of rotatable bonds is 9. The number of Topliss-reactive ketones (excluding diaryl/α,β-unsaturated/α-hetero) is 1. The van der Waals surface area contributed by atoms with E-state index in [0.717, 1.165) is 11.1 Å². The summed E-state index contributed by atoms with van der Waals surface area (Å²) < 4.78 is 29.5. The Hall–Kier alpha value is -2.24. The van der Waals surface area contributed by atoms with Crippen LogP contribution in [0, 0.1) is 0 Å². The van der Waals surface area contributed by atoms with Crippen molar-refractivity contribution in [1.29, 1.82) is 0 Å². The Bertz CT molecular complexity index is 871. The molecular formula is C22H26O4S. The van der Waals surface area contributed by atoms with E-state index in [4.69, 9.17) is 4.74 Å². The van der Waals surface area contributed by atoms with Crippen LogP contribution in [0.25, 0.3) is 0 Å². The van der Waals surface area contributed by atoms with E-state index in [2.05, 4.69) is 0 Å². The maximum Gasteiger partial charge on any atom is 0.165 e. The topological polar surface area (TPSA) is 60.4 Å². The Balaban J connectivity index is 2.19. The van der Waals surface area contributed by atoms with Crippen molar-refractivity contribution in [2.75, 3.05) is 6.26 Å².